The fourth-order valence-electron chi connectivity index (χ4n) is 2.84. The van der Waals surface area contributed by atoms with Crippen molar-refractivity contribution in [1.29, 1.82) is 0 Å². The Balaban J connectivity index is 0.00000128. The molecule has 0 aromatic heterocycles. The van der Waals surface area contributed by atoms with Crippen molar-refractivity contribution in [1.82, 2.24) is 4.90 Å². The molecule has 1 aliphatic carbocycles. The topological polar surface area (TPSA) is 46.3 Å². The quantitative estimate of drug-likeness (QED) is 0.765. The number of nitrogens with two attached hydrogens (primary N) is 1. The average molecular weight is 247 g/mol. The number of carbonyl (C=O) groups is 1. The second-order valence-electron chi connectivity index (χ2n) is 5.40. The van der Waals surface area contributed by atoms with Crippen LogP contribution in [0.15, 0.2) is 0 Å². The first-order valence-corrected chi connectivity index (χ1v) is 6.14. The Morgan fingerprint density at radius 3 is 2.19 bits per heavy atom. The van der Waals surface area contributed by atoms with Crippen molar-refractivity contribution in [2.45, 2.75) is 39.2 Å². The van der Waals surface area contributed by atoms with E-state index in [2.05, 4.69) is 13.8 Å². The van der Waals surface area contributed by atoms with Gasteiger partial charge in [-0.25, -0.2) is 0 Å². The minimum Gasteiger partial charge on any atom is -0.342 e. The molecule has 0 radical (unpaired) electrons. The predicted octanol–water partition coefficient (Wildman–Crippen LogP) is 1.65. The predicted molar refractivity (Wildman–Crippen MR) is 67.5 cm³/mol. The van der Waals surface area contributed by atoms with E-state index >= 15 is 0 Å². The van der Waals surface area contributed by atoms with Crippen molar-refractivity contribution in [3.63, 3.8) is 0 Å². The van der Waals surface area contributed by atoms with E-state index in [9.17, 15) is 4.79 Å². The van der Waals surface area contributed by atoms with Crippen LogP contribution in [-0.2, 0) is 4.79 Å². The van der Waals surface area contributed by atoms with Crippen molar-refractivity contribution in [2.24, 2.45) is 23.5 Å². The van der Waals surface area contributed by atoms with E-state index in [0.717, 1.165) is 32.4 Å². The SMILES string of the molecule is CC1CN(C(=O)C2CCCC2N)CC1C.Cl. The average Bonchev–Trinajstić information content (AvgIpc) is 2.74. The molecule has 1 saturated carbocycles. The van der Waals surface area contributed by atoms with E-state index in [4.69, 9.17) is 5.73 Å². The van der Waals surface area contributed by atoms with Gasteiger partial charge in [-0.15, -0.1) is 12.4 Å². The number of carbonyl (C=O) groups excluding carboxylic acids is 1. The van der Waals surface area contributed by atoms with Gasteiger partial charge < -0.3 is 10.6 Å². The Morgan fingerprint density at radius 2 is 1.75 bits per heavy atom. The van der Waals surface area contributed by atoms with Gasteiger partial charge in [0.15, 0.2) is 0 Å². The molecule has 0 aromatic carbocycles. The number of hydrogen-bond donors (Lipinski definition) is 1. The van der Waals surface area contributed by atoms with E-state index in [1.165, 1.54) is 0 Å². The molecule has 94 valence electrons. The van der Waals surface area contributed by atoms with Crippen LogP contribution in [0.1, 0.15) is 33.1 Å². The molecule has 16 heavy (non-hydrogen) atoms. The third kappa shape index (κ3) is 2.51. The molecule has 2 rings (SSSR count). The van der Waals surface area contributed by atoms with Gasteiger partial charge in [0.25, 0.3) is 0 Å². The van der Waals surface area contributed by atoms with Gasteiger partial charge in [-0.2, -0.15) is 0 Å². The first kappa shape index (κ1) is 13.8. The second-order valence-corrected chi connectivity index (χ2v) is 5.40. The Kier molecular flexibility index (Phi) is 4.62. The van der Waals surface area contributed by atoms with Crippen molar-refractivity contribution >= 4 is 18.3 Å². The molecule has 0 bridgehead atoms. The molecule has 2 fully saturated rings. The summed E-state index contributed by atoms with van der Waals surface area (Å²) in [4.78, 5) is 14.2. The summed E-state index contributed by atoms with van der Waals surface area (Å²) in [5.74, 6) is 1.72. The van der Waals surface area contributed by atoms with Crippen LogP contribution in [0.2, 0.25) is 0 Å². The molecule has 2 N–H and O–H groups in total. The fraction of sp³-hybridized carbons (Fsp3) is 0.917. The van der Waals surface area contributed by atoms with Gasteiger partial charge in [-0.3, -0.25) is 4.79 Å². The zero-order valence-electron chi connectivity index (χ0n) is 10.2. The maximum absolute atomic E-state index is 12.2. The number of hydrogen-bond acceptors (Lipinski definition) is 2. The molecule has 0 spiro atoms. The van der Waals surface area contributed by atoms with Gasteiger partial charge in [0.1, 0.15) is 0 Å². The van der Waals surface area contributed by atoms with E-state index in [-0.39, 0.29) is 24.4 Å². The summed E-state index contributed by atoms with van der Waals surface area (Å²) >= 11 is 0. The number of halogens is 1. The van der Waals surface area contributed by atoms with Crippen LogP contribution in [-0.4, -0.2) is 29.9 Å². The number of rotatable bonds is 1. The maximum atomic E-state index is 12.2. The first-order valence-electron chi connectivity index (χ1n) is 6.14. The lowest BCUT2D eigenvalue weighted by Gasteiger charge is -2.22. The Morgan fingerprint density at radius 1 is 1.19 bits per heavy atom. The normalized spacial score (nSPS) is 38.6. The van der Waals surface area contributed by atoms with Crippen LogP contribution in [0.5, 0.6) is 0 Å². The van der Waals surface area contributed by atoms with Crippen LogP contribution in [0.4, 0.5) is 0 Å². The molecule has 2 aliphatic rings. The molecule has 4 unspecified atom stereocenters. The largest absolute Gasteiger partial charge is 0.342 e. The molecule has 0 aromatic rings. The third-order valence-corrected chi connectivity index (χ3v) is 4.19. The Hall–Kier alpha value is -0.280. The summed E-state index contributed by atoms with van der Waals surface area (Å²) in [7, 11) is 0. The number of nitrogens with zero attached hydrogens (tertiary/aromatic N) is 1. The Labute approximate surface area is 104 Å². The molecule has 1 amide bonds. The molecular formula is C12H23ClN2O. The molecule has 1 heterocycles. The lowest BCUT2D eigenvalue weighted by atomic mass is 10.0. The van der Waals surface area contributed by atoms with Crippen molar-refractivity contribution in [2.75, 3.05) is 13.1 Å². The van der Waals surface area contributed by atoms with Crippen LogP contribution < -0.4 is 5.73 Å². The molecule has 1 saturated heterocycles. The first-order chi connectivity index (χ1) is 7.09. The zero-order valence-corrected chi connectivity index (χ0v) is 11.0. The van der Waals surface area contributed by atoms with Gasteiger partial charge in [-0.05, 0) is 24.7 Å². The van der Waals surface area contributed by atoms with Gasteiger partial charge in [0, 0.05) is 19.1 Å². The summed E-state index contributed by atoms with van der Waals surface area (Å²) in [6.07, 6.45) is 3.14. The number of likely N-dealkylation sites (tertiary alicyclic amines) is 1. The smallest absolute Gasteiger partial charge is 0.227 e. The molecule has 1 aliphatic heterocycles. The minimum absolute atomic E-state index is 0. The number of amides is 1. The van der Waals surface area contributed by atoms with Gasteiger partial charge in [-0.1, -0.05) is 20.3 Å². The summed E-state index contributed by atoms with van der Waals surface area (Å²) in [5, 5.41) is 0. The van der Waals surface area contributed by atoms with Crippen molar-refractivity contribution in [3.8, 4) is 0 Å². The lowest BCUT2D eigenvalue weighted by Crippen LogP contribution is -2.40. The third-order valence-electron chi connectivity index (χ3n) is 4.19. The summed E-state index contributed by atoms with van der Waals surface area (Å²) in [5.41, 5.74) is 5.97. The standard InChI is InChI=1S/C12H22N2O.ClH/c1-8-6-14(7-9(8)2)12(15)10-4-3-5-11(10)13;/h8-11H,3-7,13H2,1-2H3;1H. The highest BCUT2D eigenvalue weighted by Gasteiger charge is 2.37. The lowest BCUT2D eigenvalue weighted by molar-refractivity contribution is -0.134. The van der Waals surface area contributed by atoms with E-state index in [1.807, 2.05) is 4.90 Å². The minimum atomic E-state index is 0. The highest BCUT2D eigenvalue weighted by Crippen LogP contribution is 2.29. The van der Waals surface area contributed by atoms with E-state index in [0.29, 0.717) is 17.7 Å². The highest BCUT2D eigenvalue weighted by atomic mass is 35.5. The fourth-order valence-corrected chi connectivity index (χ4v) is 2.84. The van der Waals surface area contributed by atoms with Gasteiger partial charge >= 0.3 is 0 Å². The summed E-state index contributed by atoms with van der Waals surface area (Å²) in [6, 6.07) is 0.115. The van der Waals surface area contributed by atoms with Crippen molar-refractivity contribution in [3.05, 3.63) is 0 Å². The van der Waals surface area contributed by atoms with Crippen LogP contribution >= 0.6 is 12.4 Å². The molecule has 4 atom stereocenters. The maximum Gasteiger partial charge on any atom is 0.227 e. The molecule has 3 nitrogen and oxygen atoms in total. The zero-order chi connectivity index (χ0) is 11.0. The van der Waals surface area contributed by atoms with Crippen LogP contribution in [0.25, 0.3) is 0 Å². The summed E-state index contributed by atoms with van der Waals surface area (Å²) in [6.45, 7) is 6.32. The summed E-state index contributed by atoms with van der Waals surface area (Å²) < 4.78 is 0. The monoisotopic (exact) mass is 246 g/mol. The van der Waals surface area contributed by atoms with Gasteiger partial charge in [0.2, 0.25) is 5.91 Å². The van der Waals surface area contributed by atoms with E-state index < -0.39 is 0 Å². The van der Waals surface area contributed by atoms with E-state index in [1.54, 1.807) is 0 Å². The molecule has 4 heteroatoms. The van der Waals surface area contributed by atoms with Crippen molar-refractivity contribution < 1.29 is 4.79 Å². The second kappa shape index (κ2) is 5.37. The molecular weight excluding hydrogens is 224 g/mol. The Bertz CT molecular complexity index is 249. The van der Waals surface area contributed by atoms with Crippen LogP contribution in [0.3, 0.4) is 0 Å². The van der Waals surface area contributed by atoms with Crippen LogP contribution in [0, 0.1) is 17.8 Å². The highest BCUT2D eigenvalue weighted by molar-refractivity contribution is 5.85. The van der Waals surface area contributed by atoms with Gasteiger partial charge in [0.05, 0.1) is 5.92 Å².